The van der Waals surface area contributed by atoms with E-state index in [9.17, 15) is 4.79 Å². The number of H-pyrrole nitrogens is 1. The second-order valence-corrected chi connectivity index (χ2v) is 6.01. The molecule has 134 valence electrons. The highest BCUT2D eigenvalue weighted by Crippen LogP contribution is 2.16. The van der Waals surface area contributed by atoms with Crippen molar-refractivity contribution in [2.75, 3.05) is 43.1 Å². The van der Waals surface area contributed by atoms with Crippen LogP contribution >= 0.6 is 0 Å². The van der Waals surface area contributed by atoms with Crippen LogP contribution in [0.2, 0.25) is 0 Å². The van der Waals surface area contributed by atoms with Gasteiger partial charge >= 0.3 is 0 Å². The van der Waals surface area contributed by atoms with Crippen LogP contribution in [0, 0.1) is 6.92 Å². The summed E-state index contributed by atoms with van der Waals surface area (Å²) in [5.41, 5.74) is 1.61. The maximum Gasteiger partial charge on any atom is 0.251 e. The van der Waals surface area contributed by atoms with E-state index in [1.54, 1.807) is 0 Å². The second-order valence-electron chi connectivity index (χ2n) is 6.01. The van der Waals surface area contributed by atoms with E-state index in [0.29, 0.717) is 32.0 Å². The quantitative estimate of drug-likeness (QED) is 0.804. The summed E-state index contributed by atoms with van der Waals surface area (Å²) in [5.74, 6) is 2.21. The zero-order chi connectivity index (χ0) is 17.6. The molecule has 1 saturated heterocycles. The summed E-state index contributed by atoms with van der Waals surface area (Å²) in [7, 11) is 0. The van der Waals surface area contributed by atoms with Crippen LogP contribution in [0.15, 0.2) is 16.9 Å². The lowest BCUT2D eigenvalue weighted by Crippen LogP contribution is -2.37. The standard InChI is InChI=1S/C17H24N6O2/c1-3-13-11-15(22-17(20-13)23-6-8-25-9-7-23)18-5-4-14-19-12(2)10-16(24)21-14/h10-11H,3-9H2,1-2H3,(H,18,20,22)(H,19,21,24). The molecule has 1 aliphatic heterocycles. The molecule has 8 heteroatoms. The summed E-state index contributed by atoms with van der Waals surface area (Å²) >= 11 is 0. The number of morpholine rings is 1. The van der Waals surface area contributed by atoms with E-state index in [0.717, 1.165) is 42.7 Å². The van der Waals surface area contributed by atoms with Crippen molar-refractivity contribution in [1.29, 1.82) is 0 Å². The molecule has 0 atom stereocenters. The largest absolute Gasteiger partial charge is 0.378 e. The molecule has 3 rings (SSSR count). The van der Waals surface area contributed by atoms with E-state index in [2.05, 4.69) is 37.1 Å². The first-order chi connectivity index (χ1) is 12.1. The van der Waals surface area contributed by atoms with Gasteiger partial charge in [0.1, 0.15) is 11.6 Å². The van der Waals surface area contributed by atoms with Crippen molar-refractivity contribution in [3.8, 4) is 0 Å². The summed E-state index contributed by atoms with van der Waals surface area (Å²) in [6.07, 6.45) is 1.47. The molecular formula is C17H24N6O2. The lowest BCUT2D eigenvalue weighted by Gasteiger charge is -2.27. The van der Waals surface area contributed by atoms with E-state index in [-0.39, 0.29) is 5.56 Å². The van der Waals surface area contributed by atoms with Crippen LogP contribution in [-0.2, 0) is 17.6 Å². The maximum absolute atomic E-state index is 11.5. The van der Waals surface area contributed by atoms with Gasteiger partial charge < -0.3 is 19.9 Å². The predicted octanol–water partition coefficient (Wildman–Crippen LogP) is 0.922. The summed E-state index contributed by atoms with van der Waals surface area (Å²) in [5, 5.41) is 3.32. The Hall–Kier alpha value is -2.48. The Morgan fingerprint density at radius 3 is 2.76 bits per heavy atom. The van der Waals surface area contributed by atoms with Gasteiger partial charge in [0.2, 0.25) is 5.95 Å². The van der Waals surface area contributed by atoms with Crippen molar-refractivity contribution >= 4 is 11.8 Å². The molecule has 2 N–H and O–H groups in total. The number of anilines is 2. The van der Waals surface area contributed by atoms with Crippen LogP contribution in [0.3, 0.4) is 0 Å². The smallest absolute Gasteiger partial charge is 0.251 e. The van der Waals surface area contributed by atoms with Crippen LogP contribution in [0.4, 0.5) is 11.8 Å². The molecule has 1 fully saturated rings. The highest BCUT2D eigenvalue weighted by molar-refractivity contribution is 5.44. The first kappa shape index (κ1) is 17.3. The SMILES string of the molecule is CCc1cc(NCCc2nc(C)cc(=O)[nH]2)nc(N2CCOCC2)n1. The van der Waals surface area contributed by atoms with Crippen molar-refractivity contribution in [1.82, 2.24) is 19.9 Å². The van der Waals surface area contributed by atoms with Crippen molar-refractivity contribution in [2.24, 2.45) is 0 Å². The molecular weight excluding hydrogens is 320 g/mol. The average molecular weight is 344 g/mol. The van der Waals surface area contributed by atoms with Crippen molar-refractivity contribution in [3.63, 3.8) is 0 Å². The minimum Gasteiger partial charge on any atom is -0.378 e. The van der Waals surface area contributed by atoms with Gasteiger partial charge in [0.25, 0.3) is 5.56 Å². The molecule has 2 aromatic rings. The Kier molecular flexibility index (Phi) is 5.60. The second kappa shape index (κ2) is 8.06. The fourth-order valence-corrected chi connectivity index (χ4v) is 2.73. The van der Waals surface area contributed by atoms with E-state index < -0.39 is 0 Å². The van der Waals surface area contributed by atoms with Gasteiger partial charge in [-0.15, -0.1) is 0 Å². The molecule has 8 nitrogen and oxygen atoms in total. The number of nitrogens with zero attached hydrogens (tertiary/aromatic N) is 4. The van der Waals surface area contributed by atoms with Gasteiger partial charge in [-0.1, -0.05) is 6.92 Å². The number of rotatable bonds is 6. The highest BCUT2D eigenvalue weighted by Gasteiger charge is 2.15. The number of ether oxygens (including phenoxy) is 1. The summed E-state index contributed by atoms with van der Waals surface area (Å²) in [6.45, 7) is 7.55. The highest BCUT2D eigenvalue weighted by atomic mass is 16.5. The van der Waals surface area contributed by atoms with Gasteiger partial charge in [-0.25, -0.2) is 9.97 Å². The zero-order valence-corrected chi connectivity index (χ0v) is 14.7. The minimum absolute atomic E-state index is 0.118. The Morgan fingerprint density at radius 2 is 2.04 bits per heavy atom. The minimum atomic E-state index is -0.118. The average Bonchev–Trinajstić information content (AvgIpc) is 2.61. The third kappa shape index (κ3) is 4.76. The number of hydrogen-bond donors (Lipinski definition) is 2. The van der Waals surface area contributed by atoms with Crippen LogP contribution in [0.5, 0.6) is 0 Å². The van der Waals surface area contributed by atoms with Gasteiger partial charge in [0, 0.05) is 49.6 Å². The van der Waals surface area contributed by atoms with Crippen LogP contribution in [0.25, 0.3) is 0 Å². The third-order valence-corrected chi connectivity index (χ3v) is 4.01. The molecule has 0 unspecified atom stereocenters. The van der Waals surface area contributed by atoms with Crippen molar-refractivity contribution in [2.45, 2.75) is 26.7 Å². The van der Waals surface area contributed by atoms with Crippen molar-refractivity contribution < 1.29 is 4.74 Å². The molecule has 0 aliphatic carbocycles. The van der Waals surface area contributed by atoms with Crippen molar-refractivity contribution in [3.05, 3.63) is 39.7 Å². The molecule has 2 aromatic heterocycles. The molecule has 0 spiro atoms. The Balaban J connectivity index is 1.67. The van der Waals surface area contributed by atoms with Crippen LogP contribution in [0.1, 0.15) is 24.1 Å². The fraction of sp³-hybridized carbons (Fsp3) is 0.529. The van der Waals surface area contributed by atoms with E-state index in [1.807, 2.05) is 13.0 Å². The van der Waals surface area contributed by atoms with Gasteiger partial charge in [-0.3, -0.25) is 4.79 Å². The topological polar surface area (TPSA) is 96.0 Å². The number of aromatic nitrogens is 4. The Labute approximate surface area is 146 Å². The van der Waals surface area contributed by atoms with Crippen LogP contribution in [-0.4, -0.2) is 52.8 Å². The molecule has 0 radical (unpaired) electrons. The molecule has 25 heavy (non-hydrogen) atoms. The number of aromatic amines is 1. The van der Waals surface area contributed by atoms with Crippen LogP contribution < -0.4 is 15.8 Å². The first-order valence-electron chi connectivity index (χ1n) is 8.65. The fourth-order valence-electron chi connectivity index (χ4n) is 2.73. The summed E-state index contributed by atoms with van der Waals surface area (Å²) < 4.78 is 5.39. The normalized spacial score (nSPS) is 14.6. The monoisotopic (exact) mass is 344 g/mol. The molecule has 0 bridgehead atoms. The van der Waals surface area contributed by atoms with E-state index in [1.165, 1.54) is 6.07 Å². The summed E-state index contributed by atoms with van der Waals surface area (Å²) in [4.78, 5) is 30.0. The first-order valence-corrected chi connectivity index (χ1v) is 8.65. The zero-order valence-electron chi connectivity index (χ0n) is 14.7. The van der Waals surface area contributed by atoms with Gasteiger partial charge in [-0.05, 0) is 13.3 Å². The maximum atomic E-state index is 11.5. The van der Waals surface area contributed by atoms with Gasteiger partial charge in [0.15, 0.2) is 0 Å². The van der Waals surface area contributed by atoms with E-state index in [4.69, 9.17) is 4.74 Å². The molecule has 0 saturated carbocycles. The Bertz CT molecular complexity index is 770. The lowest BCUT2D eigenvalue weighted by atomic mass is 10.3. The predicted molar refractivity (Wildman–Crippen MR) is 96.2 cm³/mol. The molecule has 3 heterocycles. The summed E-state index contributed by atoms with van der Waals surface area (Å²) in [6, 6.07) is 3.46. The Morgan fingerprint density at radius 1 is 1.24 bits per heavy atom. The number of nitrogens with one attached hydrogen (secondary N) is 2. The molecule has 0 amide bonds. The molecule has 0 aromatic carbocycles. The third-order valence-electron chi connectivity index (χ3n) is 4.01. The number of hydrogen-bond acceptors (Lipinski definition) is 7. The lowest BCUT2D eigenvalue weighted by molar-refractivity contribution is 0.122. The number of aryl methyl sites for hydroxylation is 2. The van der Waals surface area contributed by atoms with Gasteiger partial charge in [0.05, 0.1) is 13.2 Å². The van der Waals surface area contributed by atoms with Gasteiger partial charge in [-0.2, -0.15) is 4.98 Å². The van der Waals surface area contributed by atoms with E-state index >= 15 is 0 Å². The molecule has 1 aliphatic rings.